The molecule has 1 aromatic rings. The SMILES string of the molecule is CCN(CCO)Cc1ccc(N)cc1Br. The van der Waals surface area contributed by atoms with E-state index in [4.69, 9.17) is 10.8 Å². The largest absolute Gasteiger partial charge is 0.399 e. The molecule has 0 aliphatic heterocycles. The molecule has 0 heterocycles. The number of rotatable bonds is 5. The molecule has 0 amide bonds. The molecule has 3 nitrogen and oxygen atoms in total. The summed E-state index contributed by atoms with van der Waals surface area (Å²) in [7, 11) is 0. The number of nitrogen functional groups attached to an aromatic ring is 1. The normalized spacial score (nSPS) is 10.9. The predicted molar refractivity (Wildman–Crippen MR) is 66.6 cm³/mol. The predicted octanol–water partition coefficient (Wildman–Crippen LogP) is 1.85. The number of likely N-dealkylation sites (N-methyl/N-ethyl adjacent to an activating group) is 1. The maximum absolute atomic E-state index is 8.89. The highest BCUT2D eigenvalue weighted by molar-refractivity contribution is 9.10. The van der Waals surface area contributed by atoms with Crippen LogP contribution in [0.3, 0.4) is 0 Å². The highest BCUT2D eigenvalue weighted by Gasteiger charge is 2.06. The Morgan fingerprint density at radius 3 is 2.73 bits per heavy atom. The fourth-order valence-electron chi connectivity index (χ4n) is 1.42. The van der Waals surface area contributed by atoms with Gasteiger partial charge in [0.25, 0.3) is 0 Å². The van der Waals surface area contributed by atoms with Crippen molar-refractivity contribution in [3.05, 3.63) is 28.2 Å². The van der Waals surface area contributed by atoms with Gasteiger partial charge in [0.05, 0.1) is 6.61 Å². The zero-order valence-electron chi connectivity index (χ0n) is 8.91. The van der Waals surface area contributed by atoms with Gasteiger partial charge in [0, 0.05) is 23.2 Å². The first kappa shape index (κ1) is 12.5. The quantitative estimate of drug-likeness (QED) is 0.805. The molecule has 0 aliphatic carbocycles. The summed E-state index contributed by atoms with van der Waals surface area (Å²) in [6.07, 6.45) is 0. The molecule has 0 spiro atoms. The van der Waals surface area contributed by atoms with Crippen LogP contribution in [0, 0.1) is 0 Å². The van der Waals surface area contributed by atoms with Crippen molar-refractivity contribution in [2.24, 2.45) is 0 Å². The summed E-state index contributed by atoms with van der Waals surface area (Å²) >= 11 is 3.49. The lowest BCUT2D eigenvalue weighted by molar-refractivity contribution is 0.196. The number of nitrogens with two attached hydrogens (primary N) is 1. The molecule has 15 heavy (non-hydrogen) atoms. The van der Waals surface area contributed by atoms with E-state index < -0.39 is 0 Å². The molecular weight excluding hydrogens is 256 g/mol. The number of halogens is 1. The van der Waals surface area contributed by atoms with Crippen molar-refractivity contribution in [3.8, 4) is 0 Å². The minimum absolute atomic E-state index is 0.195. The topological polar surface area (TPSA) is 49.5 Å². The summed E-state index contributed by atoms with van der Waals surface area (Å²) in [6, 6.07) is 5.81. The maximum atomic E-state index is 8.89. The Morgan fingerprint density at radius 2 is 2.20 bits per heavy atom. The van der Waals surface area contributed by atoms with E-state index in [2.05, 4.69) is 27.8 Å². The van der Waals surface area contributed by atoms with Gasteiger partial charge in [-0.15, -0.1) is 0 Å². The van der Waals surface area contributed by atoms with Crippen molar-refractivity contribution >= 4 is 21.6 Å². The monoisotopic (exact) mass is 272 g/mol. The Bertz CT molecular complexity index is 317. The van der Waals surface area contributed by atoms with E-state index in [-0.39, 0.29) is 6.61 Å². The van der Waals surface area contributed by atoms with E-state index in [9.17, 15) is 0 Å². The molecule has 0 aromatic heterocycles. The van der Waals surface area contributed by atoms with Crippen molar-refractivity contribution in [2.45, 2.75) is 13.5 Å². The van der Waals surface area contributed by atoms with Gasteiger partial charge in [0.1, 0.15) is 0 Å². The highest BCUT2D eigenvalue weighted by Crippen LogP contribution is 2.21. The van der Waals surface area contributed by atoms with Crippen LogP contribution >= 0.6 is 15.9 Å². The van der Waals surface area contributed by atoms with E-state index >= 15 is 0 Å². The second-order valence-corrected chi connectivity index (χ2v) is 4.30. The summed E-state index contributed by atoms with van der Waals surface area (Å²) < 4.78 is 1.03. The van der Waals surface area contributed by atoms with Gasteiger partial charge in [-0.1, -0.05) is 28.9 Å². The van der Waals surface area contributed by atoms with Gasteiger partial charge in [0.2, 0.25) is 0 Å². The molecule has 0 atom stereocenters. The first-order chi connectivity index (χ1) is 7.17. The number of anilines is 1. The third kappa shape index (κ3) is 3.81. The molecule has 84 valence electrons. The smallest absolute Gasteiger partial charge is 0.0558 e. The molecule has 0 radical (unpaired) electrons. The Morgan fingerprint density at radius 1 is 1.47 bits per heavy atom. The van der Waals surface area contributed by atoms with Gasteiger partial charge in [-0.3, -0.25) is 4.90 Å². The fourth-order valence-corrected chi connectivity index (χ4v) is 1.94. The van der Waals surface area contributed by atoms with Crippen LogP contribution in [0.1, 0.15) is 12.5 Å². The standard InChI is InChI=1S/C11H17BrN2O/c1-2-14(5-6-15)8-9-3-4-10(13)7-11(9)12/h3-4,7,15H,2,5-6,8,13H2,1H3. The molecule has 0 fully saturated rings. The van der Waals surface area contributed by atoms with Crippen LogP contribution in [0.2, 0.25) is 0 Å². The third-order valence-corrected chi connectivity index (χ3v) is 3.07. The van der Waals surface area contributed by atoms with Crippen LogP contribution in [0.25, 0.3) is 0 Å². The zero-order chi connectivity index (χ0) is 11.3. The molecular formula is C11H17BrN2O. The van der Waals surface area contributed by atoms with Crippen LogP contribution in [-0.4, -0.2) is 29.7 Å². The highest BCUT2D eigenvalue weighted by atomic mass is 79.9. The molecule has 0 bridgehead atoms. The van der Waals surface area contributed by atoms with Crippen LogP contribution in [0.5, 0.6) is 0 Å². The summed E-state index contributed by atoms with van der Waals surface area (Å²) in [5.74, 6) is 0. The molecule has 1 aromatic carbocycles. The summed E-state index contributed by atoms with van der Waals surface area (Å²) in [6.45, 7) is 4.74. The molecule has 4 heteroatoms. The van der Waals surface area contributed by atoms with E-state index in [1.54, 1.807) is 0 Å². The Kier molecular flexibility index (Phi) is 5.08. The zero-order valence-corrected chi connectivity index (χ0v) is 10.5. The molecule has 0 aliphatic rings. The van der Waals surface area contributed by atoms with Crippen molar-refractivity contribution in [1.29, 1.82) is 0 Å². The number of hydrogen-bond donors (Lipinski definition) is 2. The van der Waals surface area contributed by atoms with E-state index in [1.807, 2.05) is 18.2 Å². The van der Waals surface area contributed by atoms with Gasteiger partial charge < -0.3 is 10.8 Å². The summed E-state index contributed by atoms with van der Waals surface area (Å²) in [5.41, 5.74) is 7.62. The number of nitrogens with zero attached hydrogens (tertiary/aromatic N) is 1. The second kappa shape index (κ2) is 6.10. The van der Waals surface area contributed by atoms with Crippen LogP contribution in [0.4, 0.5) is 5.69 Å². The minimum atomic E-state index is 0.195. The summed E-state index contributed by atoms with van der Waals surface area (Å²) in [4.78, 5) is 2.18. The molecule has 0 unspecified atom stereocenters. The Labute approximate surface area is 99.0 Å². The first-order valence-corrected chi connectivity index (χ1v) is 5.83. The first-order valence-electron chi connectivity index (χ1n) is 5.04. The van der Waals surface area contributed by atoms with Crippen molar-refractivity contribution in [3.63, 3.8) is 0 Å². The van der Waals surface area contributed by atoms with Crippen LogP contribution < -0.4 is 5.73 Å². The van der Waals surface area contributed by atoms with Crippen molar-refractivity contribution < 1.29 is 5.11 Å². The lowest BCUT2D eigenvalue weighted by Crippen LogP contribution is -2.26. The van der Waals surface area contributed by atoms with Gasteiger partial charge >= 0.3 is 0 Å². The third-order valence-electron chi connectivity index (χ3n) is 2.33. The van der Waals surface area contributed by atoms with Gasteiger partial charge in [0.15, 0.2) is 0 Å². The average Bonchev–Trinajstić information content (AvgIpc) is 2.21. The molecule has 0 saturated carbocycles. The lowest BCUT2D eigenvalue weighted by Gasteiger charge is -2.19. The van der Waals surface area contributed by atoms with Crippen LogP contribution in [-0.2, 0) is 6.54 Å². The van der Waals surface area contributed by atoms with E-state index in [0.717, 1.165) is 23.2 Å². The average molecular weight is 273 g/mol. The minimum Gasteiger partial charge on any atom is -0.399 e. The molecule has 1 rings (SSSR count). The number of benzene rings is 1. The van der Waals surface area contributed by atoms with Crippen molar-refractivity contribution in [1.82, 2.24) is 4.90 Å². The van der Waals surface area contributed by atoms with Gasteiger partial charge in [-0.25, -0.2) is 0 Å². The van der Waals surface area contributed by atoms with E-state index in [1.165, 1.54) is 5.56 Å². The number of hydrogen-bond acceptors (Lipinski definition) is 3. The molecule has 3 N–H and O–H groups in total. The fraction of sp³-hybridized carbons (Fsp3) is 0.455. The second-order valence-electron chi connectivity index (χ2n) is 3.44. The summed E-state index contributed by atoms with van der Waals surface area (Å²) in [5, 5.41) is 8.89. The van der Waals surface area contributed by atoms with Gasteiger partial charge in [-0.2, -0.15) is 0 Å². The van der Waals surface area contributed by atoms with E-state index in [0.29, 0.717) is 6.54 Å². The van der Waals surface area contributed by atoms with Crippen molar-refractivity contribution in [2.75, 3.05) is 25.4 Å². The lowest BCUT2D eigenvalue weighted by atomic mass is 10.2. The Balaban J connectivity index is 2.70. The Hall–Kier alpha value is -0.580. The molecule has 0 saturated heterocycles. The number of aliphatic hydroxyl groups is 1. The maximum Gasteiger partial charge on any atom is 0.0558 e. The van der Waals surface area contributed by atoms with Crippen LogP contribution in [0.15, 0.2) is 22.7 Å². The van der Waals surface area contributed by atoms with Gasteiger partial charge in [-0.05, 0) is 24.2 Å². The number of aliphatic hydroxyl groups excluding tert-OH is 1.